The molecule has 0 radical (unpaired) electrons. The van der Waals surface area contributed by atoms with Crippen LogP contribution in [0.1, 0.15) is 16.1 Å². The highest BCUT2D eigenvalue weighted by atomic mass is 35.5. The number of aromatic nitrogens is 1. The van der Waals surface area contributed by atoms with Gasteiger partial charge in [-0.2, -0.15) is 0 Å². The van der Waals surface area contributed by atoms with Gasteiger partial charge in [-0.1, -0.05) is 17.7 Å². The molecule has 1 saturated heterocycles. The van der Waals surface area contributed by atoms with Crippen LogP contribution in [0.15, 0.2) is 18.2 Å². The van der Waals surface area contributed by atoms with Crippen LogP contribution in [0.5, 0.6) is 0 Å². The number of hydrogen-bond donors (Lipinski definition) is 1. The molecule has 1 aromatic carbocycles. The lowest BCUT2D eigenvalue weighted by molar-refractivity contribution is 0.0665. The van der Waals surface area contributed by atoms with E-state index in [1.54, 1.807) is 0 Å². The Morgan fingerprint density at radius 3 is 2.65 bits per heavy atom. The Kier molecular flexibility index (Phi) is 3.44. The maximum absolute atomic E-state index is 12.7. The summed E-state index contributed by atoms with van der Waals surface area (Å²) in [6.07, 6.45) is 0. The number of nitrogens with one attached hydrogen (secondary N) is 1. The van der Waals surface area contributed by atoms with E-state index in [4.69, 9.17) is 11.6 Å². The van der Waals surface area contributed by atoms with Crippen LogP contribution in [0.25, 0.3) is 10.9 Å². The molecule has 1 aliphatic rings. The fourth-order valence-electron chi connectivity index (χ4n) is 2.75. The van der Waals surface area contributed by atoms with Gasteiger partial charge < -0.3 is 14.8 Å². The number of aromatic amines is 1. The molecular weight excluding hydrogens is 274 g/mol. The van der Waals surface area contributed by atoms with Crippen LogP contribution in [-0.4, -0.2) is 53.9 Å². The SMILES string of the molecule is Cc1[nH]c2cc(Cl)ccc2c1C(=O)N1CCN(C)CC1. The van der Waals surface area contributed by atoms with Crippen molar-refractivity contribution >= 4 is 28.4 Å². The lowest BCUT2D eigenvalue weighted by Gasteiger charge is -2.32. The van der Waals surface area contributed by atoms with E-state index in [1.807, 2.05) is 30.0 Å². The van der Waals surface area contributed by atoms with Gasteiger partial charge in [0.2, 0.25) is 0 Å². The number of amides is 1. The van der Waals surface area contributed by atoms with E-state index in [-0.39, 0.29) is 5.91 Å². The first-order valence-electron chi connectivity index (χ1n) is 6.82. The number of H-pyrrole nitrogens is 1. The van der Waals surface area contributed by atoms with Crippen LogP contribution in [-0.2, 0) is 0 Å². The van der Waals surface area contributed by atoms with Crippen molar-refractivity contribution in [1.82, 2.24) is 14.8 Å². The number of hydrogen-bond acceptors (Lipinski definition) is 2. The molecule has 1 N–H and O–H groups in total. The van der Waals surface area contributed by atoms with Crippen LogP contribution in [0, 0.1) is 6.92 Å². The maximum Gasteiger partial charge on any atom is 0.256 e. The average Bonchev–Trinajstić information content (AvgIpc) is 2.73. The third kappa shape index (κ3) is 2.30. The fourth-order valence-corrected chi connectivity index (χ4v) is 2.92. The number of nitrogens with zero attached hydrogens (tertiary/aromatic N) is 2. The summed E-state index contributed by atoms with van der Waals surface area (Å²) in [6, 6.07) is 5.62. The zero-order valence-electron chi connectivity index (χ0n) is 11.7. The first-order chi connectivity index (χ1) is 9.56. The molecule has 1 fully saturated rings. The van der Waals surface area contributed by atoms with E-state index < -0.39 is 0 Å². The van der Waals surface area contributed by atoms with Crippen molar-refractivity contribution < 1.29 is 4.79 Å². The van der Waals surface area contributed by atoms with Gasteiger partial charge in [-0.25, -0.2) is 0 Å². The van der Waals surface area contributed by atoms with Crippen molar-refractivity contribution in [2.45, 2.75) is 6.92 Å². The van der Waals surface area contributed by atoms with Crippen molar-refractivity contribution in [3.8, 4) is 0 Å². The Morgan fingerprint density at radius 2 is 1.95 bits per heavy atom. The van der Waals surface area contributed by atoms with Gasteiger partial charge >= 0.3 is 0 Å². The number of aryl methyl sites for hydroxylation is 1. The summed E-state index contributed by atoms with van der Waals surface area (Å²) in [5, 5.41) is 1.63. The standard InChI is InChI=1S/C15H18ClN3O/c1-10-14(12-4-3-11(16)9-13(12)17-10)15(20)19-7-5-18(2)6-8-19/h3-4,9,17H,5-8H2,1-2H3. The lowest BCUT2D eigenvalue weighted by Crippen LogP contribution is -2.47. The van der Waals surface area contributed by atoms with Gasteiger partial charge in [0.05, 0.1) is 5.56 Å². The fraction of sp³-hybridized carbons (Fsp3) is 0.400. The molecule has 1 aromatic heterocycles. The zero-order chi connectivity index (χ0) is 14.3. The molecule has 3 rings (SSSR count). The quantitative estimate of drug-likeness (QED) is 0.877. The summed E-state index contributed by atoms with van der Waals surface area (Å²) in [7, 11) is 2.08. The Labute approximate surface area is 123 Å². The molecule has 20 heavy (non-hydrogen) atoms. The minimum Gasteiger partial charge on any atom is -0.358 e. The number of rotatable bonds is 1. The number of halogens is 1. The number of benzene rings is 1. The molecule has 106 valence electrons. The van der Waals surface area contributed by atoms with Gasteiger partial charge in [-0.15, -0.1) is 0 Å². The molecular formula is C15H18ClN3O. The first-order valence-corrected chi connectivity index (χ1v) is 7.19. The smallest absolute Gasteiger partial charge is 0.256 e. The van der Waals surface area contributed by atoms with Gasteiger partial charge in [-0.05, 0) is 26.1 Å². The molecule has 5 heteroatoms. The van der Waals surface area contributed by atoms with Crippen molar-refractivity contribution in [2.24, 2.45) is 0 Å². The number of piperazine rings is 1. The summed E-state index contributed by atoms with van der Waals surface area (Å²) in [5.74, 6) is 0.115. The van der Waals surface area contributed by atoms with Gasteiger partial charge in [-0.3, -0.25) is 4.79 Å². The molecule has 0 saturated carbocycles. The highest BCUT2D eigenvalue weighted by Gasteiger charge is 2.24. The largest absolute Gasteiger partial charge is 0.358 e. The minimum absolute atomic E-state index is 0.115. The molecule has 0 aliphatic carbocycles. The van der Waals surface area contributed by atoms with E-state index in [9.17, 15) is 4.79 Å². The van der Waals surface area contributed by atoms with Crippen LogP contribution in [0.2, 0.25) is 5.02 Å². The number of carbonyl (C=O) groups is 1. The number of fused-ring (bicyclic) bond motifs is 1. The average molecular weight is 292 g/mol. The molecule has 4 nitrogen and oxygen atoms in total. The van der Waals surface area contributed by atoms with Crippen molar-refractivity contribution in [3.63, 3.8) is 0 Å². The number of carbonyl (C=O) groups excluding carboxylic acids is 1. The highest BCUT2D eigenvalue weighted by molar-refractivity contribution is 6.31. The summed E-state index contributed by atoms with van der Waals surface area (Å²) >= 11 is 6.00. The summed E-state index contributed by atoms with van der Waals surface area (Å²) in [5.41, 5.74) is 2.61. The van der Waals surface area contributed by atoms with E-state index in [2.05, 4.69) is 16.9 Å². The summed E-state index contributed by atoms with van der Waals surface area (Å²) in [6.45, 7) is 5.37. The van der Waals surface area contributed by atoms with Crippen LogP contribution < -0.4 is 0 Å². The van der Waals surface area contributed by atoms with Crippen LogP contribution in [0.4, 0.5) is 0 Å². The molecule has 2 aromatic rings. The monoisotopic (exact) mass is 291 g/mol. The first kappa shape index (κ1) is 13.5. The molecule has 1 amide bonds. The Hall–Kier alpha value is -1.52. The second-order valence-electron chi connectivity index (χ2n) is 5.41. The Bertz CT molecular complexity index is 656. The van der Waals surface area contributed by atoms with Gasteiger partial charge in [0.25, 0.3) is 5.91 Å². The van der Waals surface area contributed by atoms with Gasteiger partial charge in [0.1, 0.15) is 0 Å². The zero-order valence-corrected chi connectivity index (χ0v) is 12.5. The molecule has 1 aliphatic heterocycles. The third-order valence-corrected chi connectivity index (χ3v) is 4.19. The third-order valence-electron chi connectivity index (χ3n) is 3.95. The second kappa shape index (κ2) is 5.11. The molecule has 0 bridgehead atoms. The van der Waals surface area contributed by atoms with E-state index in [0.717, 1.165) is 48.3 Å². The van der Waals surface area contributed by atoms with Gasteiger partial charge in [0.15, 0.2) is 0 Å². The molecule has 0 unspecified atom stereocenters. The van der Waals surface area contributed by atoms with Gasteiger partial charge in [0, 0.05) is 47.8 Å². The topological polar surface area (TPSA) is 39.3 Å². The predicted molar refractivity (Wildman–Crippen MR) is 81.4 cm³/mol. The minimum atomic E-state index is 0.115. The molecule has 2 heterocycles. The maximum atomic E-state index is 12.7. The van der Waals surface area contributed by atoms with Crippen LogP contribution in [0.3, 0.4) is 0 Å². The predicted octanol–water partition coefficient (Wildman–Crippen LogP) is 2.52. The van der Waals surface area contributed by atoms with Crippen molar-refractivity contribution in [3.05, 3.63) is 34.5 Å². The van der Waals surface area contributed by atoms with E-state index in [1.165, 1.54) is 0 Å². The summed E-state index contributed by atoms with van der Waals surface area (Å²) < 4.78 is 0. The summed E-state index contributed by atoms with van der Waals surface area (Å²) in [4.78, 5) is 20.2. The Morgan fingerprint density at radius 1 is 1.25 bits per heavy atom. The highest BCUT2D eigenvalue weighted by Crippen LogP contribution is 2.26. The number of likely N-dealkylation sites (N-methyl/N-ethyl adjacent to an activating group) is 1. The molecule has 0 spiro atoms. The lowest BCUT2D eigenvalue weighted by atomic mass is 10.1. The van der Waals surface area contributed by atoms with Crippen molar-refractivity contribution in [1.29, 1.82) is 0 Å². The second-order valence-corrected chi connectivity index (χ2v) is 5.85. The van der Waals surface area contributed by atoms with Crippen molar-refractivity contribution in [2.75, 3.05) is 33.2 Å². The molecule has 0 atom stereocenters. The normalized spacial score (nSPS) is 16.9. The van der Waals surface area contributed by atoms with E-state index >= 15 is 0 Å². The Balaban J connectivity index is 1.97. The van der Waals surface area contributed by atoms with E-state index in [0.29, 0.717) is 5.02 Å². The van der Waals surface area contributed by atoms with Crippen LogP contribution >= 0.6 is 11.6 Å².